The first-order valence-corrected chi connectivity index (χ1v) is 42.9. The quantitative estimate of drug-likeness (QED) is 0.0959. The van der Waals surface area contributed by atoms with Gasteiger partial charge in [0, 0.05) is 88.0 Å². The smallest absolute Gasteiger partial charge is 0.164 e. The van der Waals surface area contributed by atoms with Crippen molar-refractivity contribution >= 4 is 65.8 Å². The second kappa shape index (κ2) is 34.6. The molecule has 12 nitrogen and oxygen atoms in total. The van der Waals surface area contributed by atoms with Gasteiger partial charge < -0.3 is 13.3 Å². The van der Waals surface area contributed by atoms with E-state index < -0.39 is 0 Å². The van der Waals surface area contributed by atoms with Crippen LogP contribution in [-0.4, -0.2) is 44.9 Å². The molecule has 0 unspecified atom stereocenters. The Morgan fingerprint density at radius 3 is 0.760 bits per heavy atom. The lowest BCUT2D eigenvalue weighted by molar-refractivity contribution is 0.668. The summed E-state index contributed by atoms with van der Waals surface area (Å²) in [5, 5.41) is 6.58. The largest absolute Gasteiger partial charge is 0.456 e. The third-order valence-electron chi connectivity index (χ3n) is 23.2. The van der Waals surface area contributed by atoms with Crippen LogP contribution < -0.4 is 0 Å². The Kier molecular flexibility index (Phi) is 20.8. The summed E-state index contributed by atoms with van der Waals surface area (Å²) in [4.78, 5) is 44.5. The molecule has 12 heteroatoms. The second-order valence-corrected chi connectivity index (χ2v) is 31.4. The second-order valence-electron chi connectivity index (χ2n) is 31.4. The lowest BCUT2D eigenvalue weighted by Gasteiger charge is -2.17. The Labute approximate surface area is 743 Å². The van der Waals surface area contributed by atoms with Crippen molar-refractivity contribution in [3.05, 3.63) is 455 Å². The third-order valence-corrected chi connectivity index (χ3v) is 23.2. The van der Waals surface area contributed by atoms with Gasteiger partial charge >= 0.3 is 0 Å². The van der Waals surface area contributed by atoms with Gasteiger partial charge in [-0.15, -0.1) is 0 Å². The summed E-state index contributed by atoms with van der Waals surface area (Å²) >= 11 is 0. The number of aromatic nitrogens is 9. The normalized spacial score (nSPS) is 11.3. The Morgan fingerprint density at radius 2 is 0.364 bits per heavy atom. The number of hydrogen-bond donors (Lipinski definition) is 0. The molecule has 0 saturated carbocycles. The summed E-state index contributed by atoms with van der Waals surface area (Å²) in [6, 6.07) is 155. The Bertz CT molecular complexity index is 8030. The molecular weight excluding hydrogens is 1580 g/mol. The van der Waals surface area contributed by atoms with E-state index in [0.29, 0.717) is 52.4 Å². The van der Waals surface area contributed by atoms with E-state index in [1.54, 1.807) is 0 Å². The van der Waals surface area contributed by atoms with E-state index in [1.165, 1.54) is 11.1 Å². The maximum Gasteiger partial charge on any atom is 0.164 e. The highest BCUT2D eigenvalue weighted by Gasteiger charge is 2.25. The lowest BCUT2D eigenvalue weighted by Crippen LogP contribution is -2.01. The first-order valence-electron chi connectivity index (χ1n) is 42.9. The molecule has 0 bridgehead atoms. The molecule has 6 heterocycles. The van der Waals surface area contributed by atoms with Crippen LogP contribution >= 0.6 is 0 Å². The number of fused-ring (bicyclic) bond motifs is 9. The highest BCUT2D eigenvalue weighted by Crippen LogP contribution is 2.47. The fourth-order valence-corrected chi connectivity index (χ4v) is 17.1. The summed E-state index contributed by atoms with van der Waals surface area (Å²) in [7, 11) is 0. The van der Waals surface area contributed by atoms with Gasteiger partial charge in [-0.1, -0.05) is 400 Å². The predicted molar refractivity (Wildman–Crippen MR) is 523 cm³/mol. The topological polar surface area (TPSA) is 155 Å². The van der Waals surface area contributed by atoms with Gasteiger partial charge in [0.1, 0.15) is 33.5 Å². The standard InChI is InChI=1S/C45H29N3O.C39H25N3O.C33H21N3O/c1-4-12-30(13-5-1)31-22-24-32(25-23-31)35-26-27-40-39(29-35)42-38(20-11-21-41(42)49-40)36-18-10-19-37(28-36)45-47-43(33-14-6-2-7-15-33)46-44(48-45)34-16-8-3-9-17-34;1-4-14-26(15-5-1)35-29(30-22-13-25-34-36(30)31-20-10-11-24-33(31)43-34)21-12-23-32(35)39-41-37(27-16-6-2-7-17-27)40-38(42-39)28-18-8-3-9-19-28;1-3-11-22(12-4-1)31-34-32(23-13-5-2-6-14-23)36-33(35-31)25-16-9-15-24(21-25)26-18-10-20-29-30(26)27-17-7-8-19-28(27)37-29/h1-29H;1-25H;1-21H. The Morgan fingerprint density at radius 1 is 0.124 bits per heavy atom. The maximum absolute atomic E-state index is 6.39. The SMILES string of the molecule is c1ccc(-c2ccc(-c3ccc4oc5cccc(-c6cccc(-c7nc(-c8ccccc8)nc(-c8ccccc8)n7)c6)c5c4c3)cc2)cc1.c1ccc(-c2nc(-c3ccccc3)nc(-c3cccc(-c4cccc5oc6ccccc6c45)c3)n2)cc1.c1ccc(-c2nc(-c3ccccc3)nc(-c3cccc(-c4cccc5oc6ccccc6c45)c3-c3ccccc3)n2)cc1. The third kappa shape index (κ3) is 15.7. The van der Waals surface area contributed by atoms with Crippen LogP contribution in [0.2, 0.25) is 0 Å². The van der Waals surface area contributed by atoms with Gasteiger partial charge in [-0.25, -0.2) is 44.9 Å². The maximum atomic E-state index is 6.39. The number of para-hydroxylation sites is 2. The van der Waals surface area contributed by atoms with E-state index in [2.05, 4.69) is 206 Å². The molecule has 18 aromatic carbocycles. The minimum atomic E-state index is 0.623. The van der Waals surface area contributed by atoms with Crippen LogP contribution in [0.4, 0.5) is 0 Å². The van der Waals surface area contributed by atoms with Crippen LogP contribution in [0, 0.1) is 0 Å². The average Bonchev–Trinajstić information content (AvgIpc) is 1.70. The molecule has 0 aliphatic carbocycles. The van der Waals surface area contributed by atoms with E-state index in [9.17, 15) is 0 Å². The van der Waals surface area contributed by atoms with E-state index in [4.69, 9.17) is 58.1 Å². The number of hydrogen-bond acceptors (Lipinski definition) is 12. The van der Waals surface area contributed by atoms with E-state index in [0.717, 1.165) is 172 Å². The van der Waals surface area contributed by atoms with Crippen molar-refractivity contribution in [3.63, 3.8) is 0 Å². The van der Waals surface area contributed by atoms with E-state index in [1.807, 2.05) is 249 Å². The molecule has 0 aliphatic rings. The van der Waals surface area contributed by atoms with Crippen molar-refractivity contribution in [2.45, 2.75) is 0 Å². The zero-order chi connectivity index (χ0) is 85.8. The van der Waals surface area contributed by atoms with Gasteiger partial charge in [0.15, 0.2) is 52.4 Å². The monoisotopic (exact) mass is 1650 g/mol. The number of nitrogens with zero attached hydrogens (tertiary/aromatic N) is 9. The van der Waals surface area contributed by atoms with Crippen molar-refractivity contribution in [2.75, 3.05) is 0 Å². The molecule has 0 saturated heterocycles. The zero-order valence-corrected chi connectivity index (χ0v) is 69.6. The number of benzene rings is 18. The highest BCUT2D eigenvalue weighted by molar-refractivity contribution is 6.16. The van der Waals surface area contributed by atoms with Crippen LogP contribution in [0.15, 0.2) is 468 Å². The van der Waals surface area contributed by atoms with Gasteiger partial charge in [-0.2, -0.15) is 0 Å². The van der Waals surface area contributed by atoms with Crippen molar-refractivity contribution in [2.24, 2.45) is 0 Å². The first-order chi connectivity index (χ1) is 63.9. The fraction of sp³-hybridized carbons (Fsp3) is 0. The van der Waals surface area contributed by atoms with E-state index in [-0.39, 0.29) is 0 Å². The number of rotatable bonds is 15. The summed E-state index contributed by atoms with van der Waals surface area (Å²) in [5.41, 5.74) is 27.1. The molecule has 129 heavy (non-hydrogen) atoms. The van der Waals surface area contributed by atoms with E-state index >= 15 is 0 Å². The molecule has 0 amide bonds. The predicted octanol–water partition coefficient (Wildman–Crippen LogP) is 30.3. The molecule has 0 N–H and O–H groups in total. The van der Waals surface area contributed by atoms with Gasteiger partial charge in [0.2, 0.25) is 0 Å². The highest BCUT2D eigenvalue weighted by atomic mass is 16.3. The molecule has 6 aromatic heterocycles. The lowest BCUT2D eigenvalue weighted by atomic mass is 9.88. The summed E-state index contributed by atoms with van der Waals surface area (Å²) in [6.07, 6.45) is 0. The Balaban J connectivity index is 0.000000115. The zero-order valence-electron chi connectivity index (χ0n) is 69.6. The van der Waals surface area contributed by atoms with Crippen LogP contribution in [0.3, 0.4) is 0 Å². The van der Waals surface area contributed by atoms with Crippen LogP contribution in [0.1, 0.15) is 0 Å². The minimum absolute atomic E-state index is 0.623. The molecular formula is C117H75N9O3. The van der Waals surface area contributed by atoms with Gasteiger partial charge in [0.05, 0.1) is 0 Å². The molecule has 0 atom stereocenters. The molecule has 0 radical (unpaired) electrons. The summed E-state index contributed by atoms with van der Waals surface area (Å²) in [6.45, 7) is 0. The van der Waals surface area contributed by atoms with Crippen LogP contribution in [0.25, 0.3) is 235 Å². The first kappa shape index (κ1) is 77.4. The van der Waals surface area contributed by atoms with Gasteiger partial charge in [-0.05, 0) is 116 Å². The average molecular weight is 1650 g/mol. The fourth-order valence-electron chi connectivity index (χ4n) is 17.1. The van der Waals surface area contributed by atoms with Crippen LogP contribution in [-0.2, 0) is 0 Å². The molecule has 0 fully saturated rings. The molecule has 0 aliphatic heterocycles. The van der Waals surface area contributed by atoms with Crippen molar-refractivity contribution in [1.29, 1.82) is 0 Å². The molecule has 0 spiro atoms. The van der Waals surface area contributed by atoms with Gasteiger partial charge in [-0.3, -0.25) is 0 Å². The van der Waals surface area contributed by atoms with Crippen molar-refractivity contribution in [3.8, 4) is 169 Å². The summed E-state index contributed by atoms with van der Waals surface area (Å²) < 4.78 is 18.8. The minimum Gasteiger partial charge on any atom is -0.456 e. The Hall–Kier alpha value is -17.6. The molecule has 24 rings (SSSR count). The van der Waals surface area contributed by atoms with Crippen molar-refractivity contribution in [1.82, 2.24) is 44.9 Å². The number of furan rings is 3. The van der Waals surface area contributed by atoms with Crippen LogP contribution in [0.5, 0.6) is 0 Å². The molecule has 24 aromatic rings. The molecule has 606 valence electrons. The van der Waals surface area contributed by atoms with Gasteiger partial charge in [0.25, 0.3) is 0 Å². The van der Waals surface area contributed by atoms with Crippen molar-refractivity contribution < 1.29 is 13.3 Å². The summed E-state index contributed by atoms with van der Waals surface area (Å²) in [5.74, 6) is 5.74.